The molecule has 3 aliphatic heterocycles. The molecule has 0 N–H and O–H groups in total. The summed E-state index contributed by atoms with van der Waals surface area (Å²) in [6, 6.07) is 21.4. The Morgan fingerprint density at radius 3 is 1.25 bits per heavy atom. The molecule has 0 aliphatic carbocycles. The van der Waals surface area contributed by atoms with E-state index in [1.165, 1.54) is 10.8 Å². The summed E-state index contributed by atoms with van der Waals surface area (Å²) < 4.78 is 23.8. The molecular weight excluding hydrogens is 504 g/mol. The minimum absolute atomic E-state index is 0.582. The van der Waals surface area contributed by atoms with Gasteiger partial charge >= 0.3 is 0 Å². The number of benzene rings is 2. The van der Waals surface area contributed by atoms with Gasteiger partial charge in [0.25, 0.3) is 0 Å². The van der Waals surface area contributed by atoms with E-state index in [4.69, 9.17) is 28.9 Å². The average Bonchev–Trinajstić information content (AvgIpc) is 2.98. The molecule has 6 bridgehead atoms. The number of hydrogen-bond donors (Lipinski definition) is 0. The van der Waals surface area contributed by atoms with Crippen LogP contribution in [0.1, 0.15) is 11.4 Å². The molecule has 0 atom stereocenters. The fourth-order valence-corrected chi connectivity index (χ4v) is 5.43. The van der Waals surface area contributed by atoms with Crippen LogP contribution in [0.4, 0.5) is 0 Å². The second kappa shape index (κ2) is 13.6. The van der Waals surface area contributed by atoms with E-state index in [1.807, 2.05) is 0 Å². The minimum atomic E-state index is 0.582. The second-order valence-corrected chi connectivity index (χ2v) is 10.4. The smallest absolute Gasteiger partial charge is 0.0896 e. The van der Waals surface area contributed by atoms with Crippen molar-refractivity contribution in [2.24, 2.45) is 0 Å². The highest BCUT2D eigenvalue weighted by Gasteiger charge is 2.17. The maximum atomic E-state index is 5.95. The van der Waals surface area contributed by atoms with Crippen molar-refractivity contribution in [2.75, 3.05) is 79.0 Å². The van der Waals surface area contributed by atoms with E-state index >= 15 is 0 Å². The van der Waals surface area contributed by atoms with Crippen LogP contribution in [0.5, 0.6) is 0 Å². The maximum absolute atomic E-state index is 5.95. The van der Waals surface area contributed by atoms with Gasteiger partial charge < -0.3 is 18.9 Å². The zero-order chi connectivity index (χ0) is 27.0. The third kappa shape index (κ3) is 6.83. The molecule has 1 saturated heterocycles. The lowest BCUT2D eigenvalue weighted by Gasteiger charge is -2.25. The van der Waals surface area contributed by atoms with Crippen LogP contribution in [0.25, 0.3) is 32.9 Å². The van der Waals surface area contributed by atoms with E-state index in [-0.39, 0.29) is 0 Å². The molecule has 1 fully saturated rings. The molecule has 210 valence electrons. The SMILES string of the molecule is c1ccc2c3nc(cc2c1)-c1cc2ccccc2c(n1)CN1CCOCCOCCN(CCOCCOCC1)C3. The van der Waals surface area contributed by atoms with Crippen molar-refractivity contribution in [1.82, 2.24) is 19.8 Å². The van der Waals surface area contributed by atoms with Gasteiger partial charge in [0.15, 0.2) is 0 Å². The lowest BCUT2D eigenvalue weighted by atomic mass is 10.0. The van der Waals surface area contributed by atoms with Crippen molar-refractivity contribution in [3.05, 3.63) is 72.1 Å². The van der Waals surface area contributed by atoms with Crippen molar-refractivity contribution in [3.8, 4) is 11.4 Å². The number of fused-ring (bicyclic) bond motifs is 16. The van der Waals surface area contributed by atoms with Crippen LogP contribution in [-0.2, 0) is 32.0 Å². The lowest BCUT2D eigenvalue weighted by Crippen LogP contribution is -2.33. The first-order chi connectivity index (χ1) is 19.8. The summed E-state index contributed by atoms with van der Waals surface area (Å²) in [4.78, 5) is 15.2. The Hall–Kier alpha value is -2.98. The predicted octanol–water partition coefficient (Wildman–Crippen LogP) is 4.15. The van der Waals surface area contributed by atoms with Gasteiger partial charge in [0.1, 0.15) is 0 Å². The van der Waals surface area contributed by atoms with Gasteiger partial charge in [0, 0.05) is 50.0 Å². The van der Waals surface area contributed by atoms with E-state index in [0.29, 0.717) is 65.9 Å². The third-order valence-corrected chi connectivity index (χ3v) is 7.60. The molecule has 8 heteroatoms. The molecule has 0 spiro atoms. The highest BCUT2D eigenvalue weighted by atomic mass is 16.5. The molecule has 40 heavy (non-hydrogen) atoms. The van der Waals surface area contributed by atoms with Gasteiger partial charge in [-0.3, -0.25) is 9.80 Å². The van der Waals surface area contributed by atoms with Gasteiger partial charge in [-0.25, -0.2) is 9.97 Å². The fraction of sp³-hybridized carbons (Fsp3) is 0.438. The average molecular weight is 543 g/mol. The quantitative estimate of drug-likeness (QED) is 0.328. The Kier molecular flexibility index (Phi) is 9.24. The van der Waals surface area contributed by atoms with Crippen molar-refractivity contribution in [3.63, 3.8) is 0 Å². The molecule has 0 radical (unpaired) electrons. The Bertz CT molecular complexity index is 1290. The summed E-state index contributed by atoms with van der Waals surface area (Å²) in [5.74, 6) is 0. The molecule has 5 heterocycles. The van der Waals surface area contributed by atoms with Crippen LogP contribution in [0.15, 0.2) is 60.7 Å². The zero-order valence-electron chi connectivity index (χ0n) is 23.1. The molecule has 8 nitrogen and oxygen atoms in total. The number of nitrogens with zero attached hydrogens (tertiary/aromatic N) is 4. The number of aromatic nitrogens is 2. The second-order valence-electron chi connectivity index (χ2n) is 10.4. The standard InChI is InChI=1S/C32H38N4O4/c1-3-7-27-25(5-1)21-29-30-22-26-6-2-4-8-28(26)32(34-30)24-36-11-15-39-19-17-37-13-9-35(23-31(27)33-29)10-14-38-18-20-40-16-12-36/h1-8,21-22H,9-20,23-24H2. The molecule has 0 amide bonds. The van der Waals surface area contributed by atoms with Crippen LogP contribution >= 0.6 is 0 Å². The van der Waals surface area contributed by atoms with E-state index in [0.717, 1.165) is 59.7 Å². The first kappa shape index (κ1) is 27.2. The summed E-state index contributed by atoms with van der Waals surface area (Å²) in [6.07, 6.45) is 0. The molecule has 4 aromatic rings. The van der Waals surface area contributed by atoms with Gasteiger partial charge in [-0.15, -0.1) is 0 Å². The third-order valence-electron chi connectivity index (χ3n) is 7.60. The maximum Gasteiger partial charge on any atom is 0.0896 e. The van der Waals surface area contributed by atoms with Crippen LogP contribution in [0.2, 0.25) is 0 Å². The molecule has 0 unspecified atom stereocenters. The topological polar surface area (TPSA) is 69.2 Å². The Balaban J connectivity index is 1.48. The van der Waals surface area contributed by atoms with Crippen molar-refractivity contribution in [1.29, 1.82) is 0 Å². The van der Waals surface area contributed by atoms with Gasteiger partial charge in [-0.05, 0) is 22.9 Å². The number of hydrogen-bond acceptors (Lipinski definition) is 8. The molecule has 0 saturated carbocycles. The van der Waals surface area contributed by atoms with Crippen molar-refractivity contribution < 1.29 is 18.9 Å². The summed E-state index contributed by atoms with van der Waals surface area (Å²) in [6.45, 7) is 9.38. The molecule has 7 rings (SSSR count). The first-order valence-corrected chi connectivity index (χ1v) is 14.4. The van der Waals surface area contributed by atoms with Gasteiger partial charge in [-0.2, -0.15) is 0 Å². The van der Waals surface area contributed by atoms with Gasteiger partial charge in [-0.1, -0.05) is 48.5 Å². The molecule has 2 aromatic heterocycles. The van der Waals surface area contributed by atoms with Crippen molar-refractivity contribution >= 4 is 21.5 Å². The monoisotopic (exact) mass is 542 g/mol. The van der Waals surface area contributed by atoms with E-state index < -0.39 is 0 Å². The lowest BCUT2D eigenvalue weighted by molar-refractivity contribution is 0.00607. The number of ether oxygens (including phenoxy) is 4. The largest absolute Gasteiger partial charge is 0.378 e. The van der Waals surface area contributed by atoms with Crippen LogP contribution in [0, 0.1) is 0 Å². The molecular formula is C32H38N4O4. The van der Waals surface area contributed by atoms with E-state index in [9.17, 15) is 0 Å². The van der Waals surface area contributed by atoms with Crippen LogP contribution < -0.4 is 0 Å². The number of rotatable bonds is 0. The van der Waals surface area contributed by atoms with E-state index in [2.05, 4.69) is 70.5 Å². The number of pyridine rings is 2. The fourth-order valence-electron chi connectivity index (χ4n) is 5.43. The summed E-state index contributed by atoms with van der Waals surface area (Å²) in [5.41, 5.74) is 3.88. The van der Waals surface area contributed by atoms with E-state index in [1.54, 1.807) is 0 Å². The molecule has 2 aromatic carbocycles. The zero-order valence-corrected chi connectivity index (χ0v) is 23.1. The molecule has 3 aliphatic rings. The highest BCUT2D eigenvalue weighted by molar-refractivity contribution is 5.90. The van der Waals surface area contributed by atoms with Crippen molar-refractivity contribution in [2.45, 2.75) is 13.1 Å². The normalized spacial score (nSPS) is 22.2. The minimum Gasteiger partial charge on any atom is -0.378 e. The highest BCUT2D eigenvalue weighted by Crippen LogP contribution is 2.29. The Morgan fingerprint density at radius 1 is 0.475 bits per heavy atom. The summed E-state index contributed by atoms with van der Waals surface area (Å²) in [7, 11) is 0. The van der Waals surface area contributed by atoms with Gasteiger partial charge in [0.05, 0.1) is 75.6 Å². The van der Waals surface area contributed by atoms with Gasteiger partial charge in [0.2, 0.25) is 0 Å². The Morgan fingerprint density at radius 2 is 0.850 bits per heavy atom. The van der Waals surface area contributed by atoms with Crippen LogP contribution in [-0.4, -0.2) is 98.8 Å². The first-order valence-electron chi connectivity index (χ1n) is 14.4. The summed E-state index contributed by atoms with van der Waals surface area (Å²) >= 11 is 0. The summed E-state index contributed by atoms with van der Waals surface area (Å²) in [5, 5.41) is 4.67. The van der Waals surface area contributed by atoms with Crippen LogP contribution in [0.3, 0.4) is 0 Å². The predicted molar refractivity (Wildman–Crippen MR) is 156 cm³/mol. The Labute approximate surface area is 235 Å².